The fourth-order valence-corrected chi connectivity index (χ4v) is 3.33. The summed E-state index contributed by atoms with van der Waals surface area (Å²) in [5.74, 6) is 1.60. The van der Waals surface area contributed by atoms with Crippen molar-refractivity contribution in [2.75, 3.05) is 13.2 Å². The SMILES string of the molecule is O=C1[C@@H]2C[C@@H]2C2(OCCO2)[C@H]2C[C@@H]12. The Bertz CT molecular complexity index is 271. The molecule has 3 heteroatoms. The summed E-state index contributed by atoms with van der Waals surface area (Å²) >= 11 is 0. The van der Waals surface area contributed by atoms with Crippen molar-refractivity contribution in [3.05, 3.63) is 0 Å². The van der Waals surface area contributed by atoms with E-state index in [0.29, 0.717) is 29.5 Å². The highest BCUT2D eigenvalue weighted by Gasteiger charge is 2.74. The maximum absolute atomic E-state index is 11.6. The van der Waals surface area contributed by atoms with E-state index < -0.39 is 0 Å². The van der Waals surface area contributed by atoms with Crippen molar-refractivity contribution in [3.63, 3.8) is 0 Å². The highest BCUT2D eigenvalue weighted by Crippen LogP contribution is 2.68. The molecule has 0 bridgehead atoms. The predicted octanol–water partition coefficient (Wildman–Crippen LogP) is 0.584. The molecular formula is C10H12O3. The summed E-state index contributed by atoms with van der Waals surface area (Å²) in [6.07, 6.45) is 2.04. The third-order valence-electron chi connectivity index (χ3n) is 4.08. The van der Waals surface area contributed by atoms with Crippen LogP contribution in [0.4, 0.5) is 0 Å². The lowest BCUT2D eigenvalue weighted by atomic mass is 9.93. The Morgan fingerprint density at radius 3 is 2.15 bits per heavy atom. The van der Waals surface area contributed by atoms with Crippen molar-refractivity contribution in [2.24, 2.45) is 23.7 Å². The second-order valence-electron chi connectivity index (χ2n) is 4.72. The Morgan fingerprint density at radius 1 is 1.08 bits per heavy atom. The van der Waals surface area contributed by atoms with Crippen LogP contribution in [0.3, 0.4) is 0 Å². The van der Waals surface area contributed by atoms with E-state index in [0.717, 1.165) is 26.1 Å². The van der Waals surface area contributed by atoms with Gasteiger partial charge < -0.3 is 9.47 Å². The first-order chi connectivity index (χ1) is 6.33. The molecule has 0 amide bonds. The molecule has 4 atom stereocenters. The summed E-state index contributed by atoms with van der Waals surface area (Å²) in [5, 5.41) is 0. The molecule has 4 rings (SSSR count). The molecule has 3 nitrogen and oxygen atoms in total. The van der Waals surface area contributed by atoms with E-state index in [-0.39, 0.29) is 5.79 Å². The summed E-state index contributed by atoms with van der Waals surface area (Å²) < 4.78 is 11.5. The number of carbonyl (C=O) groups is 1. The lowest BCUT2D eigenvalue weighted by molar-refractivity contribution is -0.200. The fourth-order valence-electron chi connectivity index (χ4n) is 3.33. The molecule has 0 aromatic carbocycles. The molecule has 1 spiro atoms. The van der Waals surface area contributed by atoms with Gasteiger partial charge in [-0.2, -0.15) is 0 Å². The standard InChI is InChI=1S/C10H12O3/c11-9-5-3-7(5)10(8-4-6(8)9)12-1-2-13-10/h5-8H,1-4H2/t5-,6-,7+,8+/m1/s1. The molecule has 1 saturated heterocycles. The van der Waals surface area contributed by atoms with Gasteiger partial charge in [-0.1, -0.05) is 0 Å². The third kappa shape index (κ3) is 0.647. The van der Waals surface area contributed by atoms with Crippen molar-refractivity contribution >= 4 is 5.78 Å². The van der Waals surface area contributed by atoms with Crippen LogP contribution < -0.4 is 0 Å². The molecule has 1 aliphatic heterocycles. The van der Waals surface area contributed by atoms with Crippen molar-refractivity contribution < 1.29 is 14.3 Å². The number of hydrogen-bond donors (Lipinski definition) is 0. The van der Waals surface area contributed by atoms with Gasteiger partial charge in [0, 0.05) is 23.7 Å². The summed E-state index contributed by atoms with van der Waals surface area (Å²) in [6, 6.07) is 0. The maximum Gasteiger partial charge on any atom is 0.175 e. The lowest BCUT2D eigenvalue weighted by Gasteiger charge is -2.30. The summed E-state index contributed by atoms with van der Waals surface area (Å²) in [5.41, 5.74) is 0. The van der Waals surface area contributed by atoms with Crippen LogP contribution >= 0.6 is 0 Å². The number of fused-ring (bicyclic) bond motifs is 4. The molecule has 3 saturated carbocycles. The zero-order valence-electron chi connectivity index (χ0n) is 7.36. The minimum Gasteiger partial charge on any atom is -0.347 e. The van der Waals surface area contributed by atoms with E-state index in [9.17, 15) is 4.79 Å². The van der Waals surface area contributed by atoms with Gasteiger partial charge in [-0.15, -0.1) is 0 Å². The van der Waals surface area contributed by atoms with Crippen molar-refractivity contribution in [1.82, 2.24) is 0 Å². The summed E-state index contributed by atoms with van der Waals surface area (Å²) in [4.78, 5) is 11.6. The van der Waals surface area contributed by atoms with Gasteiger partial charge in [0.2, 0.25) is 0 Å². The zero-order chi connectivity index (χ0) is 8.63. The summed E-state index contributed by atoms with van der Waals surface area (Å²) in [7, 11) is 0. The van der Waals surface area contributed by atoms with Gasteiger partial charge in [-0.05, 0) is 12.8 Å². The van der Waals surface area contributed by atoms with Crippen LogP contribution in [0, 0.1) is 23.7 Å². The largest absolute Gasteiger partial charge is 0.347 e. The van der Waals surface area contributed by atoms with E-state index in [4.69, 9.17) is 9.47 Å². The first-order valence-corrected chi connectivity index (χ1v) is 5.14. The van der Waals surface area contributed by atoms with Gasteiger partial charge in [-0.3, -0.25) is 4.79 Å². The Hall–Kier alpha value is -0.410. The molecule has 1 heterocycles. The first-order valence-electron chi connectivity index (χ1n) is 5.14. The van der Waals surface area contributed by atoms with E-state index in [1.165, 1.54) is 0 Å². The predicted molar refractivity (Wildman–Crippen MR) is 42.8 cm³/mol. The van der Waals surface area contributed by atoms with Crippen molar-refractivity contribution in [2.45, 2.75) is 18.6 Å². The van der Waals surface area contributed by atoms with Crippen molar-refractivity contribution in [3.8, 4) is 0 Å². The quantitative estimate of drug-likeness (QED) is 0.547. The molecule has 4 aliphatic rings. The molecular weight excluding hydrogens is 168 g/mol. The Balaban J connectivity index is 1.76. The van der Waals surface area contributed by atoms with Gasteiger partial charge in [0.25, 0.3) is 0 Å². The topological polar surface area (TPSA) is 35.5 Å². The smallest absolute Gasteiger partial charge is 0.175 e. The third-order valence-corrected chi connectivity index (χ3v) is 4.08. The average molecular weight is 180 g/mol. The molecule has 3 aliphatic carbocycles. The van der Waals surface area contributed by atoms with Crippen LogP contribution in [0.15, 0.2) is 0 Å². The lowest BCUT2D eigenvalue weighted by Crippen LogP contribution is -2.41. The van der Waals surface area contributed by atoms with Gasteiger partial charge >= 0.3 is 0 Å². The maximum atomic E-state index is 11.6. The van der Waals surface area contributed by atoms with Crippen LogP contribution in [-0.2, 0) is 14.3 Å². The second-order valence-corrected chi connectivity index (χ2v) is 4.72. The number of Topliss-reactive ketones (excluding diaryl/α,β-unsaturated/α-hetero) is 1. The molecule has 4 fully saturated rings. The van der Waals surface area contributed by atoms with E-state index in [2.05, 4.69) is 0 Å². The normalized spacial score (nSPS) is 54.6. The Labute approximate surface area is 76.4 Å². The van der Waals surface area contributed by atoms with Crippen LogP contribution in [0.1, 0.15) is 12.8 Å². The molecule has 0 radical (unpaired) electrons. The van der Waals surface area contributed by atoms with Crippen LogP contribution in [0.2, 0.25) is 0 Å². The van der Waals surface area contributed by atoms with E-state index in [1.807, 2.05) is 0 Å². The van der Waals surface area contributed by atoms with E-state index >= 15 is 0 Å². The van der Waals surface area contributed by atoms with Crippen molar-refractivity contribution in [1.29, 1.82) is 0 Å². The average Bonchev–Trinajstić information content (AvgIpc) is 3.02. The Morgan fingerprint density at radius 2 is 1.62 bits per heavy atom. The number of carbonyl (C=O) groups excluding carboxylic acids is 1. The number of ether oxygens (including phenoxy) is 2. The number of ketones is 1. The van der Waals surface area contributed by atoms with Gasteiger partial charge in [0.15, 0.2) is 5.79 Å². The van der Waals surface area contributed by atoms with Crippen LogP contribution in [0.25, 0.3) is 0 Å². The van der Waals surface area contributed by atoms with Gasteiger partial charge in [0.05, 0.1) is 13.2 Å². The highest BCUT2D eigenvalue weighted by atomic mass is 16.7. The Kier molecular flexibility index (Phi) is 0.984. The molecule has 13 heavy (non-hydrogen) atoms. The number of hydrogen-bond acceptors (Lipinski definition) is 3. The fraction of sp³-hybridized carbons (Fsp3) is 0.900. The minimum absolute atomic E-state index is 0.293. The summed E-state index contributed by atoms with van der Waals surface area (Å²) in [6.45, 7) is 1.45. The molecule has 0 N–H and O–H groups in total. The molecule has 0 aromatic heterocycles. The van der Waals surface area contributed by atoms with E-state index in [1.54, 1.807) is 0 Å². The van der Waals surface area contributed by atoms with Gasteiger partial charge in [-0.25, -0.2) is 0 Å². The first kappa shape index (κ1) is 6.96. The highest BCUT2D eigenvalue weighted by molar-refractivity contribution is 5.90. The molecule has 0 unspecified atom stereocenters. The number of rotatable bonds is 0. The zero-order valence-corrected chi connectivity index (χ0v) is 7.36. The van der Waals surface area contributed by atoms with Gasteiger partial charge in [0.1, 0.15) is 5.78 Å². The minimum atomic E-state index is -0.302. The monoisotopic (exact) mass is 180 g/mol. The van der Waals surface area contributed by atoms with Crippen LogP contribution in [-0.4, -0.2) is 24.8 Å². The van der Waals surface area contributed by atoms with Crippen LogP contribution in [0.5, 0.6) is 0 Å². The second kappa shape index (κ2) is 1.84. The molecule has 70 valence electrons. The molecule has 0 aromatic rings.